The third-order valence-electron chi connectivity index (χ3n) is 11.8. The predicted octanol–water partition coefficient (Wildman–Crippen LogP) is 6.63. The topological polar surface area (TPSA) is 190 Å². The Hall–Kier alpha value is -6.90. The molecule has 0 fully saturated rings. The number of hydrogen-bond acceptors (Lipinski definition) is 9. The van der Waals surface area contributed by atoms with E-state index in [-0.39, 0.29) is 51.1 Å². The lowest BCUT2D eigenvalue weighted by Gasteiger charge is -2.33. The summed E-state index contributed by atoms with van der Waals surface area (Å²) in [6, 6.07) is 29.5. The van der Waals surface area contributed by atoms with Crippen LogP contribution >= 0.6 is 0 Å². The van der Waals surface area contributed by atoms with Gasteiger partial charge in [-0.3, -0.25) is 14.4 Å². The van der Waals surface area contributed by atoms with Crippen LogP contribution in [0.2, 0.25) is 0 Å². The van der Waals surface area contributed by atoms with Crippen LogP contribution in [0.3, 0.4) is 0 Å². The van der Waals surface area contributed by atoms with Gasteiger partial charge in [0.25, 0.3) is 0 Å². The molecule has 0 radical (unpaired) electrons. The number of nitrogens with two attached hydrogens (primary N) is 1. The maximum absolute atomic E-state index is 14.3. The van der Waals surface area contributed by atoms with Gasteiger partial charge in [0.1, 0.15) is 30.9 Å². The van der Waals surface area contributed by atoms with E-state index in [0.717, 1.165) is 49.4 Å². The number of unbranched alkanes of at least 4 members (excludes halogenated alkanes) is 1. The number of carbonyl (C=O) groups excluding carboxylic acids is 6. The van der Waals surface area contributed by atoms with Crippen molar-refractivity contribution in [3.05, 3.63) is 119 Å². The first-order chi connectivity index (χ1) is 31.0. The van der Waals surface area contributed by atoms with Gasteiger partial charge in [-0.1, -0.05) is 97.1 Å². The molecular weight excluding hydrogens is 829 g/mol. The highest BCUT2D eigenvalue weighted by Crippen LogP contribution is 2.45. The predicted molar refractivity (Wildman–Crippen MR) is 246 cm³/mol. The van der Waals surface area contributed by atoms with Crippen LogP contribution in [0.5, 0.6) is 0 Å². The number of nitrogens with one attached hydrogen (secondary N) is 2. The summed E-state index contributed by atoms with van der Waals surface area (Å²) in [7, 11) is 4.41. The normalized spacial score (nSPS) is 13.5. The van der Waals surface area contributed by atoms with Crippen molar-refractivity contribution in [3.8, 4) is 22.3 Å². The molecule has 4 N–H and O–H groups in total. The maximum Gasteiger partial charge on any atom is 0.410 e. The molecule has 4 aromatic rings. The molecule has 0 aromatic heterocycles. The van der Waals surface area contributed by atoms with E-state index in [9.17, 15) is 28.8 Å². The van der Waals surface area contributed by atoms with E-state index in [1.165, 1.54) is 30.9 Å². The van der Waals surface area contributed by atoms with E-state index in [1.54, 1.807) is 20.8 Å². The van der Waals surface area contributed by atoms with Crippen molar-refractivity contribution in [1.29, 1.82) is 0 Å². The van der Waals surface area contributed by atoms with E-state index >= 15 is 0 Å². The highest BCUT2D eigenvalue weighted by molar-refractivity contribution is 5.94. The van der Waals surface area contributed by atoms with Crippen LogP contribution < -0.4 is 16.4 Å². The Bertz CT molecular complexity index is 2290. The van der Waals surface area contributed by atoms with Crippen LogP contribution in [-0.2, 0) is 28.6 Å². The molecule has 0 saturated carbocycles. The van der Waals surface area contributed by atoms with Gasteiger partial charge in [-0.2, -0.15) is 0 Å². The number of alkyl carbamates (subject to hydrolysis) is 2. The first-order valence-corrected chi connectivity index (χ1v) is 22.0. The SMILES string of the molecule is CN(CCN(C)C(=O)[C@H](CC(N)=O)N(C)C(=O)[C@H](CCCCNC(=O)OCC1c2ccccc2-c2ccccc21)NC(=O)OCC1c2ccccc2-c2ccccc21)C(=O)OC(C)(C)C. The average Bonchev–Trinajstić information content (AvgIpc) is 3.78. The molecule has 4 aromatic carbocycles. The molecule has 0 aliphatic heterocycles. The smallest absolute Gasteiger partial charge is 0.410 e. The van der Waals surface area contributed by atoms with Crippen LogP contribution in [0.1, 0.15) is 80.5 Å². The van der Waals surface area contributed by atoms with Gasteiger partial charge in [0.05, 0.1) is 6.42 Å². The molecule has 2 aliphatic rings. The van der Waals surface area contributed by atoms with Crippen LogP contribution in [0.4, 0.5) is 14.4 Å². The van der Waals surface area contributed by atoms with Crippen LogP contribution in [0, 0.1) is 0 Å². The zero-order valence-electron chi connectivity index (χ0n) is 38.0. The highest BCUT2D eigenvalue weighted by atomic mass is 16.6. The average molecular weight is 889 g/mol. The molecule has 0 spiro atoms. The molecule has 2 aliphatic carbocycles. The van der Waals surface area contributed by atoms with E-state index in [0.29, 0.717) is 12.8 Å². The van der Waals surface area contributed by atoms with Crippen molar-refractivity contribution in [3.63, 3.8) is 0 Å². The second-order valence-electron chi connectivity index (χ2n) is 17.6. The second kappa shape index (κ2) is 21.2. The van der Waals surface area contributed by atoms with Crippen molar-refractivity contribution in [2.45, 2.75) is 76.0 Å². The molecule has 344 valence electrons. The molecular formula is C50H60N6O9. The molecule has 15 nitrogen and oxygen atoms in total. The standard InChI is InChI=1S/C50H60N6O9/c1-50(2,3)65-49(62)55(5)28-27-54(4)46(59)43(29-44(51)57)56(6)45(58)42(53-48(61)64-31-41-38-23-13-9-19-34(38)35-20-10-14-24-39(35)41)25-15-16-26-52-47(60)63-30-40-36-21-11-7-17-32(36)33-18-8-12-22-37(33)40/h7-14,17-24,40-43H,15-16,25-31H2,1-6H3,(H2,51,57)(H,52,60)(H,53,61)/t42-,43-/m0/s1. The molecule has 2 atom stereocenters. The Kier molecular flexibility index (Phi) is 15.5. The fraction of sp³-hybridized carbons (Fsp3) is 0.400. The number of benzene rings is 4. The van der Waals surface area contributed by atoms with Gasteiger partial charge in [-0.25, -0.2) is 14.4 Å². The zero-order valence-corrected chi connectivity index (χ0v) is 38.0. The first kappa shape index (κ1) is 47.6. The monoisotopic (exact) mass is 888 g/mol. The van der Waals surface area contributed by atoms with E-state index in [4.69, 9.17) is 19.9 Å². The maximum atomic E-state index is 14.3. The number of primary amides is 1. The van der Waals surface area contributed by atoms with Gasteiger partial charge in [0, 0.05) is 52.6 Å². The number of fused-ring (bicyclic) bond motifs is 6. The van der Waals surface area contributed by atoms with Gasteiger partial charge < -0.3 is 45.3 Å². The van der Waals surface area contributed by atoms with Gasteiger partial charge in [0.2, 0.25) is 17.7 Å². The fourth-order valence-corrected chi connectivity index (χ4v) is 8.43. The molecule has 65 heavy (non-hydrogen) atoms. The van der Waals surface area contributed by atoms with E-state index < -0.39 is 60.1 Å². The van der Waals surface area contributed by atoms with E-state index in [2.05, 4.69) is 22.8 Å². The van der Waals surface area contributed by atoms with Crippen LogP contribution in [0.25, 0.3) is 22.3 Å². The Balaban J connectivity index is 1.08. The van der Waals surface area contributed by atoms with Crippen molar-refractivity contribution >= 4 is 36.0 Å². The number of rotatable bonds is 18. The third kappa shape index (κ3) is 11.8. The van der Waals surface area contributed by atoms with Crippen molar-refractivity contribution < 1.29 is 43.0 Å². The quantitative estimate of drug-likeness (QED) is 0.0728. The minimum atomic E-state index is -1.32. The molecule has 0 bridgehead atoms. The Labute approximate surface area is 380 Å². The van der Waals surface area contributed by atoms with Crippen molar-refractivity contribution in [2.75, 3.05) is 54.0 Å². The lowest BCUT2D eigenvalue weighted by Crippen LogP contribution is -2.56. The third-order valence-corrected chi connectivity index (χ3v) is 11.8. The summed E-state index contributed by atoms with van der Waals surface area (Å²) in [4.78, 5) is 83.3. The van der Waals surface area contributed by atoms with Crippen molar-refractivity contribution in [2.24, 2.45) is 5.73 Å². The lowest BCUT2D eigenvalue weighted by atomic mass is 9.98. The Morgan fingerprint density at radius 1 is 0.631 bits per heavy atom. The number of amides is 6. The molecule has 15 heteroatoms. The summed E-state index contributed by atoms with van der Waals surface area (Å²) in [5.41, 5.74) is 13.5. The number of nitrogens with zero attached hydrogens (tertiary/aromatic N) is 3. The molecule has 6 rings (SSSR count). The van der Waals surface area contributed by atoms with Crippen LogP contribution in [-0.4, -0.2) is 122 Å². The minimum Gasteiger partial charge on any atom is -0.449 e. The van der Waals surface area contributed by atoms with Gasteiger partial charge >= 0.3 is 18.3 Å². The summed E-state index contributed by atoms with van der Waals surface area (Å²) in [5, 5.41) is 5.51. The fourth-order valence-electron chi connectivity index (χ4n) is 8.43. The summed E-state index contributed by atoms with van der Waals surface area (Å²) >= 11 is 0. The summed E-state index contributed by atoms with van der Waals surface area (Å²) in [6.45, 7) is 5.79. The lowest BCUT2D eigenvalue weighted by molar-refractivity contribution is -0.146. The number of likely N-dealkylation sites (N-methyl/N-ethyl adjacent to an activating group) is 3. The van der Waals surface area contributed by atoms with Crippen LogP contribution in [0.15, 0.2) is 97.1 Å². The number of carbonyl (C=O) groups is 6. The van der Waals surface area contributed by atoms with Gasteiger partial charge in [0.15, 0.2) is 0 Å². The zero-order chi connectivity index (χ0) is 46.8. The largest absolute Gasteiger partial charge is 0.449 e. The first-order valence-electron chi connectivity index (χ1n) is 22.0. The molecule has 0 saturated heterocycles. The summed E-state index contributed by atoms with van der Waals surface area (Å²) < 4.78 is 16.9. The highest BCUT2D eigenvalue weighted by Gasteiger charge is 2.36. The van der Waals surface area contributed by atoms with E-state index in [1.807, 2.05) is 84.9 Å². The van der Waals surface area contributed by atoms with Gasteiger partial charge in [-0.05, 0) is 84.5 Å². The summed E-state index contributed by atoms with van der Waals surface area (Å²) in [5.74, 6) is -2.38. The summed E-state index contributed by atoms with van der Waals surface area (Å²) in [6.07, 6.45) is -1.59. The number of ether oxygens (including phenoxy) is 3. The van der Waals surface area contributed by atoms with Crippen molar-refractivity contribution in [1.82, 2.24) is 25.3 Å². The molecule has 6 amide bonds. The Morgan fingerprint density at radius 2 is 1.08 bits per heavy atom. The number of hydrogen-bond donors (Lipinski definition) is 3. The minimum absolute atomic E-state index is 0.00594. The molecule has 0 heterocycles. The Morgan fingerprint density at radius 3 is 1.54 bits per heavy atom. The van der Waals surface area contributed by atoms with Gasteiger partial charge in [-0.15, -0.1) is 0 Å². The second-order valence-corrected chi connectivity index (χ2v) is 17.6. The molecule has 0 unspecified atom stereocenters.